The van der Waals surface area contributed by atoms with Gasteiger partial charge in [-0.15, -0.1) is 0 Å². The Labute approximate surface area is 142 Å². The van der Waals surface area contributed by atoms with Gasteiger partial charge in [-0.3, -0.25) is 9.48 Å². The van der Waals surface area contributed by atoms with Gasteiger partial charge in [-0.05, 0) is 24.1 Å². The minimum atomic E-state index is 0.173. The van der Waals surface area contributed by atoms with Gasteiger partial charge in [-0.1, -0.05) is 12.1 Å². The van der Waals surface area contributed by atoms with E-state index < -0.39 is 0 Å². The molecule has 128 valence electrons. The molecule has 1 aliphatic heterocycles. The van der Waals surface area contributed by atoms with E-state index in [1.54, 1.807) is 11.8 Å². The van der Waals surface area contributed by atoms with Crippen molar-refractivity contribution in [3.8, 4) is 5.75 Å². The molecular formula is C18H24N4O2. The van der Waals surface area contributed by atoms with Crippen molar-refractivity contribution in [2.24, 2.45) is 7.05 Å². The molecule has 1 saturated heterocycles. The van der Waals surface area contributed by atoms with E-state index in [2.05, 4.69) is 10.00 Å². The van der Waals surface area contributed by atoms with E-state index in [9.17, 15) is 4.79 Å². The van der Waals surface area contributed by atoms with Crippen LogP contribution >= 0.6 is 0 Å². The van der Waals surface area contributed by atoms with Gasteiger partial charge in [-0.2, -0.15) is 5.10 Å². The van der Waals surface area contributed by atoms with E-state index in [-0.39, 0.29) is 5.91 Å². The number of methoxy groups -OCH3 is 1. The number of rotatable bonds is 4. The Kier molecular flexibility index (Phi) is 4.74. The second kappa shape index (κ2) is 6.95. The fourth-order valence-electron chi connectivity index (χ4n) is 3.05. The zero-order valence-electron chi connectivity index (χ0n) is 14.5. The summed E-state index contributed by atoms with van der Waals surface area (Å²) in [4.78, 5) is 16.8. The number of hydrogen-bond acceptors (Lipinski definition) is 4. The lowest BCUT2D eigenvalue weighted by atomic mass is 10.1. The number of ether oxygens (including phenoxy) is 1. The number of amides is 1. The van der Waals surface area contributed by atoms with E-state index in [4.69, 9.17) is 4.74 Å². The van der Waals surface area contributed by atoms with Gasteiger partial charge in [0, 0.05) is 39.4 Å². The lowest BCUT2D eigenvalue weighted by molar-refractivity contribution is -0.130. The van der Waals surface area contributed by atoms with Crippen LogP contribution in [0.2, 0.25) is 0 Å². The van der Waals surface area contributed by atoms with Gasteiger partial charge in [0.25, 0.3) is 0 Å². The normalized spacial score (nSPS) is 14.8. The molecule has 24 heavy (non-hydrogen) atoms. The molecule has 1 aliphatic rings. The summed E-state index contributed by atoms with van der Waals surface area (Å²) in [5.41, 5.74) is 3.20. The highest BCUT2D eigenvalue weighted by Crippen LogP contribution is 2.20. The Bertz CT molecular complexity index is 718. The SMILES string of the molecule is COc1cc(CC(=O)N2CCN(c3cnn(C)c3)CC2)ccc1C. The van der Waals surface area contributed by atoms with E-state index >= 15 is 0 Å². The molecule has 0 spiro atoms. The summed E-state index contributed by atoms with van der Waals surface area (Å²) in [6.45, 7) is 5.18. The minimum absolute atomic E-state index is 0.173. The van der Waals surface area contributed by atoms with Crippen molar-refractivity contribution >= 4 is 11.6 Å². The van der Waals surface area contributed by atoms with Crippen LogP contribution in [0, 0.1) is 6.92 Å². The average molecular weight is 328 g/mol. The van der Waals surface area contributed by atoms with Crippen LogP contribution in [-0.4, -0.2) is 53.9 Å². The molecule has 1 aromatic heterocycles. The summed E-state index contributed by atoms with van der Waals surface area (Å²) < 4.78 is 7.14. The molecule has 0 atom stereocenters. The molecule has 1 aromatic carbocycles. The number of piperazine rings is 1. The first kappa shape index (κ1) is 16.4. The predicted molar refractivity (Wildman–Crippen MR) is 93.4 cm³/mol. The summed E-state index contributed by atoms with van der Waals surface area (Å²) in [5.74, 6) is 1.01. The monoisotopic (exact) mass is 328 g/mol. The second-order valence-corrected chi connectivity index (χ2v) is 6.22. The van der Waals surface area contributed by atoms with Crippen molar-refractivity contribution in [3.63, 3.8) is 0 Å². The summed E-state index contributed by atoms with van der Waals surface area (Å²) >= 11 is 0. The Morgan fingerprint density at radius 1 is 1.25 bits per heavy atom. The topological polar surface area (TPSA) is 50.6 Å². The van der Waals surface area contributed by atoms with E-state index in [0.29, 0.717) is 6.42 Å². The molecule has 1 fully saturated rings. The van der Waals surface area contributed by atoms with Crippen LogP contribution in [0.15, 0.2) is 30.6 Å². The maximum absolute atomic E-state index is 12.5. The van der Waals surface area contributed by atoms with Crippen molar-refractivity contribution in [2.75, 3.05) is 38.2 Å². The van der Waals surface area contributed by atoms with E-state index in [1.165, 1.54) is 0 Å². The first-order valence-corrected chi connectivity index (χ1v) is 8.21. The van der Waals surface area contributed by atoms with Crippen LogP contribution in [0.3, 0.4) is 0 Å². The minimum Gasteiger partial charge on any atom is -0.496 e. The van der Waals surface area contributed by atoms with Gasteiger partial charge in [0.15, 0.2) is 0 Å². The number of anilines is 1. The molecule has 0 aliphatic carbocycles. The van der Waals surface area contributed by atoms with Crippen LogP contribution in [0.4, 0.5) is 5.69 Å². The van der Waals surface area contributed by atoms with Crippen molar-refractivity contribution in [1.29, 1.82) is 0 Å². The molecule has 6 nitrogen and oxygen atoms in total. The van der Waals surface area contributed by atoms with Crippen molar-refractivity contribution in [1.82, 2.24) is 14.7 Å². The van der Waals surface area contributed by atoms with Crippen LogP contribution in [-0.2, 0) is 18.3 Å². The molecule has 2 aromatic rings. The molecule has 0 N–H and O–H groups in total. The molecule has 6 heteroatoms. The van der Waals surface area contributed by atoms with Gasteiger partial charge in [0.2, 0.25) is 5.91 Å². The fourth-order valence-corrected chi connectivity index (χ4v) is 3.05. The van der Waals surface area contributed by atoms with Gasteiger partial charge in [-0.25, -0.2) is 0 Å². The smallest absolute Gasteiger partial charge is 0.227 e. The third-order valence-electron chi connectivity index (χ3n) is 4.52. The van der Waals surface area contributed by atoms with Crippen LogP contribution in [0.25, 0.3) is 0 Å². The summed E-state index contributed by atoms with van der Waals surface area (Å²) in [5, 5.41) is 4.21. The highest BCUT2D eigenvalue weighted by Gasteiger charge is 2.22. The molecule has 0 bridgehead atoms. The summed E-state index contributed by atoms with van der Waals surface area (Å²) in [6, 6.07) is 5.96. The fraction of sp³-hybridized carbons (Fsp3) is 0.444. The standard InChI is InChI=1S/C18H24N4O2/c1-14-4-5-15(10-17(14)24-3)11-18(23)22-8-6-21(7-9-22)16-12-19-20(2)13-16/h4-5,10,12-13H,6-9,11H2,1-3H3. The second-order valence-electron chi connectivity index (χ2n) is 6.22. The van der Waals surface area contributed by atoms with Gasteiger partial charge < -0.3 is 14.5 Å². The number of nitrogens with zero attached hydrogens (tertiary/aromatic N) is 4. The third kappa shape index (κ3) is 3.53. The lowest BCUT2D eigenvalue weighted by Gasteiger charge is -2.35. The average Bonchev–Trinajstić information content (AvgIpc) is 3.03. The third-order valence-corrected chi connectivity index (χ3v) is 4.52. The number of carbonyl (C=O) groups is 1. The van der Waals surface area contributed by atoms with Gasteiger partial charge in [0.05, 0.1) is 25.4 Å². The molecule has 2 heterocycles. The number of benzene rings is 1. The molecule has 0 unspecified atom stereocenters. The molecule has 0 radical (unpaired) electrons. The maximum Gasteiger partial charge on any atom is 0.227 e. The molecule has 0 saturated carbocycles. The molecular weight excluding hydrogens is 304 g/mol. The highest BCUT2D eigenvalue weighted by molar-refractivity contribution is 5.79. The van der Waals surface area contributed by atoms with Crippen LogP contribution in [0.5, 0.6) is 5.75 Å². The Morgan fingerprint density at radius 3 is 2.62 bits per heavy atom. The van der Waals surface area contributed by atoms with Crippen molar-refractivity contribution < 1.29 is 9.53 Å². The quantitative estimate of drug-likeness (QED) is 0.856. The van der Waals surface area contributed by atoms with Crippen molar-refractivity contribution in [3.05, 3.63) is 41.7 Å². The predicted octanol–water partition coefficient (Wildman–Crippen LogP) is 1.63. The maximum atomic E-state index is 12.5. The number of carbonyl (C=O) groups excluding carboxylic acids is 1. The lowest BCUT2D eigenvalue weighted by Crippen LogP contribution is -2.49. The van der Waals surface area contributed by atoms with Crippen molar-refractivity contribution in [2.45, 2.75) is 13.3 Å². The molecule has 1 amide bonds. The van der Waals surface area contributed by atoms with E-state index in [0.717, 1.165) is 48.7 Å². The zero-order chi connectivity index (χ0) is 17.1. The first-order chi connectivity index (χ1) is 11.6. The van der Waals surface area contributed by atoms with Gasteiger partial charge >= 0.3 is 0 Å². The van der Waals surface area contributed by atoms with E-state index in [1.807, 2.05) is 49.5 Å². The number of aryl methyl sites for hydroxylation is 2. The first-order valence-electron chi connectivity index (χ1n) is 8.21. The number of aromatic nitrogens is 2. The molecule has 3 rings (SSSR count). The highest BCUT2D eigenvalue weighted by atomic mass is 16.5. The largest absolute Gasteiger partial charge is 0.496 e. The van der Waals surface area contributed by atoms with Gasteiger partial charge in [0.1, 0.15) is 5.75 Å². The zero-order valence-corrected chi connectivity index (χ0v) is 14.5. The van der Waals surface area contributed by atoms with Crippen LogP contribution in [0.1, 0.15) is 11.1 Å². The Balaban J connectivity index is 1.57. The summed E-state index contributed by atoms with van der Waals surface area (Å²) in [6.07, 6.45) is 4.30. The van der Waals surface area contributed by atoms with Crippen LogP contribution < -0.4 is 9.64 Å². The number of hydrogen-bond donors (Lipinski definition) is 0. The Hall–Kier alpha value is -2.50. The Morgan fingerprint density at radius 2 is 2.00 bits per heavy atom. The summed E-state index contributed by atoms with van der Waals surface area (Å²) in [7, 11) is 3.57.